The molecule has 0 saturated carbocycles. The molecule has 0 saturated heterocycles. The fraction of sp³-hybridized carbons (Fsp3) is 0.560. The molecule has 3 aromatic rings. The molecule has 7 amide bonds. The Hall–Kier alpha value is -6.66. The second-order valence-corrected chi connectivity index (χ2v) is 18.4. The summed E-state index contributed by atoms with van der Waals surface area (Å²) in [5.74, 6) is -7.38. The summed E-state index contributed by atoms with van der Waals surface area (Å²) >= 11 is 0. The second-order valence-electron chi connectivity index (χ2n) is 18.4. The number of H-pyrrole nitrogens is 1. The van der Waals surface area contributed by atoms with E-state index < -0.39 is 108 Å². The monoisotopic (exact) mass is 1020 g/mol. The van der Waals surface area contributed by atoms with E-state index in [0.29, 0.717) is 75.6 Å². The van der Waals surface area contributed by atoms with Crippen LogP contribution in [0.2, 0.25) is 0 Å². The highest BCUT2D eigenvalue weighted by Crippen LogP contribution is 2.20. The molecule has 0 aliphatic heterocycles. The van der Waals surface area contributed by atoms with Crippen LogP contribution in [0.3, 0.4) is 0 Å². The van der Waals surface area contributed by atoms with Crippen LogP contribution in [-0.2, 0) is 51.2 Å². The molecule has 23 nitrogen and oxygen atoms in total. The van der Waals surface area contributed by atoms with Crippen molar-refractivity contribution in [2.45, 2.75) is 146 Å². The molecule has 1 heterocycles. The van der Waals surface area contributed by atoms with Gasteiger partial charge >= 0.3 is 5.97 Å². The number of hydrogen-bond donors (Lipinski definition) is 15. The van der Waals surface area contributed by atoms with Crippen molar-refractivity contribution in [1.82, 2.24) is 42.2 Å². The average Bonchev–Trinajstić information content (AvgIpc) is 3.77. The van der Waals surface area contributed by atoms with E-state index in [2.05, 4.69) is 42.2 Å². The first-order chi connectivity index (χ1) is 34.8. The second kappa shape index (κ2) is 31.7. The molecule has 0 unspecified atom stereocenters. The zero-order valence-electron chi connectivity index (χ0n) is 42.1. The van der Waals surface area contributed by atoms with Crippen molar-refractivity contribution in [3.63, 3.8) is 0 Å². The highest BCUT2D eigenvalue weighted by Gasteiger charge is 2.36. The number of aliphatic hydroxyl groups is 1. The molecule has 0 spiro atoms. The minimum absolute atomic E-state index is 0.0132. The van der Waals surface area contributed by atoms with Gasteiger partial charge in [-0.25, -0.2) is 4.79 Å². The first-order valence-corrected chi connectivity index (χ1v) is 25.0. The summed E-state index contributed by atoms with van der Waals surface area (Å²) in [5, 5.41) is 49.4. The van der Waals surface area contributed by atoms with Crippen LogP contribution in [0.25, 0.3) is 10.9 Å². The minimum Gasteiger partial charge on any atom is -0.508 e. The van der Waals surface area contributed by atoms with Crippen molar-refractivity contribution in [3.05, 3.63) is 65.9 Å². The number of aliphatic carboxylic acids is 1. The number of carboxylic acid groups (broad SMARTS) is 1. The molecule has 19 N–H and O–H groups in total. The molecule has 73 heavy (non-hydrogen) atoms. The number of carboxylic acids is 1. The largest absolute Gasteiger partial charge is 0.508 e. The minimum atomic E-state index is -1.66. The van der Waals surface area contributed by atoms with E-state index in [0.717, 1.165) is 10.9 Å². The normalized spacial score (nSPS) is 15.0. The SMILES string of the molecule is CC[C@H](C)[C@H](NC(=O)[C@H](Cc1ccc(O)cc1)NC(=O)[C@@H](N)CCCCN)C(=O)N[C@H](C(=O)N[C@@H](CCCCN)C(=O)NCC(=O)N[C@@H](Cc1c[nH]c2ccccc12)C(=O)N[C@@H](CCCCN)C(=O)O)[C@@H](C)O. The van der Waals surface area contributed by atoms with E-state index in [4.69, 9.17) is 22.9 Å². The number of aromatic amines is 1. The maximum atomic E-state index is 14.1. The predicted octanol–water partition coefficient (Wildman–Crippen LogP) is -1.09. The maximum absolute atomic E-state index is 14.1. The molecule has 404 valence electrons. The predicted molar refractivity (Wildman–Crippen MR) is 274 cm³/mol. The lowest BCUT2D eigenvalue weighted by atomic mass is 9.96. The standard InChI is InChI=1S/C50H78N12O11/c1-4-29(2)42(61-47(69)39(25-31-18-20-33(64)21-19-31)60-44(66)35(54)14-7-10-22-51)48(70)62-43(30(3)63)49(71)58-37(16-8-11-23-52)45(67)56-28-41(65)57-40(26-32-27-55-36-15-6-5-13-34(32)36)46(68)59-38(50(72)73)17-9-12-24-53/h5-6,13,15,18-21,27,29-30,35,37-40,42-43,55,63-64H,4,7-12,14,16-17,22-26,28,51-54H2,1-3H3,(H,56,67)(H,57,65)(H,58,71)(H,59,68)(H,60,66)(H,61,69)(H,62,70)(H,72,73)/t29-,30+,35-,37-,38-,39-,40-,42-,43-/m0/s1. The summed E-state index contributed by atoms with van der Waals surface area (Å²) in [7, 11) is 0. The number of aromatic nitrogens is 1. The van der Waals surface area contributed by atoms with Gasteiger partial charge in [-0.15, -0.1) is 0 Å². The van der Waals surface area contributed by atoms with E-state index in [9.17, 15) is 53.7 Å². The molecule has 9 atom stereocenters. The molecule has 2 aromatic carbocycles. The van der Waals surface area contributed by atoms with Crippen LogP contribution in [0.1, 0.15) is 96.1 Å². The number of carbonyl (C=O) groups is 8. The topological polar surface area (TPSA) is 401 Å². The highest BCUT2D eigenvalue weighted by molar-refractivity contribution is 5.97. The number of amides is 7. The van der Waals surface area contributed by atoms with Crippen LogP contribution < -0.4 is 60.2 Å². The van der Waals surface area contributed by atoms with E-state index in [1.54, 1.807) is 38.2 Å². The third-order valence-corrected chi connectivity index (χ3v) is 12.5. The van der Waals surface area contributed by atoms with Gasteiger partial charge in [0.05, 0.1) is 18.7 Å². The number of phenols is 1. The molecule has 0 aliphatic carbocycles. The van der Waals surface area contributed by atoms with E-state index in [-0.39, 0.29) is 38.0 Å². The molecule has 23 heteroatoms. The fourth-order valence-electron chi connectivity index (χ4n) is 7.91. The number of rotatable bonds is 34. The van der Waals surface area contributed by atoms with Gasteiger partial charge in [0, 0.05) is 29.9 Å². The van der Waals surface area contributed by atoms with Crippen molar-refractivity contribution >= 4 is 58.2 Å². The number of hydrogen-bond acceptors (Lipinski definition) is 14. The van der Waals surface area contributed by atoms with Crippen LogP contribution in [0, 0.1) is 5.92 Å². The van der Waals surface area contributed by atoms with Gasteiger partial charge in [0.1, 0.15) is 42.0 Å². The highest BCUT2D eigenvalue weighted by atomic mass is 16.4. The van der Waals surface area contributed by atoms with Crippen molar-refractivity contribution in [1.29, 1.82) is 0 Å². The number of nitrogens with two attached hydrogens (primary N) is 4. The number of phenolic OH excluding ortho intramolecular Hbond substituents is 1. The number of nitrogens with one attached hydrogen (secondary N) is 8. The van der Waals surface area contributed by atoms with Gasteiger partial charge in [0.15, 0.2) is 0 Å². The van der Waals surface area contributed by atoms with Crippen LogP contribution in [0.5, 0.6) is 5.75 Å². The van der Waals surface area contributed by atoms with Crippen LogP contribution >= 0.6 is 0 Å². The van der Waals surface area contributed by atoms with Gasteiger partial charge in [-0.1, -0.05) is 57.0 Å². The Balaban J connectivity index is 1.79. The van der Waals surface area contributed by atoms with Gasteiger partial charge < -0.3 is 80.5 Å². The van der Waals surface area contributed by atoms with Crippen molar-refractivity contribution < 1.29 is 53.7 Å². The summed E-state index contributed by atoms with van der Waals surface area (Å²) in [6.45, 7) is 5.05. The summed E-state index contributed by atoms with van der Waals surface area (Å²) < 4.78 is 0. The zero-order chi connectivity index (χ0) is 54.0. The molecule has 0 fully saturated rings. The Morgan fingerprint density at radius 1 is 0.603 bits per heavy atom. The lowest BCUT2D eigenvalue weighted by Gasteiger charge is -2.30. The Morgan fingerprint density at radius 2 is 1.14 bits per heavy atom. The quantitative estimate of drug-likeness (QED) is 0.0316. The zero-order valence-corrected chi connectivity index (χ0v) is 42.1. The number of unbranched alkanes of at least 4 members (excludes halogenated alkanes) is 3. The molecule has 1 aromatic heterocycles. The average molecular weight is 1020 g/mol. The molecule has 0 radical (unpaired) electrons. The first kappa shape index (κ1) is 60.6. The maximum Gasteiger partial charge on any atom is 0.326 e. The van der Waals surface area contributed by atoms with Crippen LogP contribution in [0.4, 0.5) is 0 Å². The van der Waals surface area contributed by atoms with Crippen molar-refractivity contribution in [2.75, 3.05) is 26.2 Å². The summed E-state index contributed by atoms with van der Waals surface area (Å²) in [6.07, 6.45) is 3.87. The molecular formula is C50H78N12O11. The first-order valence-electron chi connectivity index (χ1n) is 25.0. The Labute approximate surface area is 425 Å². The van der Waals surface area contributed by atoms with E-state index >= 15 is 0 Å². The lowest BCUT2D eigenvalue weighted by molar-refractivity contribution is -0.142. The third-order valence-electron chi connectivity index (χ3n) is 12.5. The van der Waals surface area contributed by atoms with Crippen LogP contribution in [-0.4, -0.2) is 142 Å². The number of benzene rings is 2. The summed E-state index contributed by atoms with van der Waals surface area (Å²) in [5.41, 5.74) is 25.0. The number of fused-ring (bicyclic) bond motifs is 1. The summed E-state index contributed by atoms with van der Waals surface area (Å²) in [6, 6.07) is 4.29. The fourth-order valence-corrected chi connectivity index (χ4v) is 7.91. The van der Waals surface area contributed by atoms with Crippen molar-refractivity contribution in [3.8, 4) is 5.75 Å². The van der Waals surface area contributed by atoms with Gasteiger partial charge in [-0.2, -0.15) is 0 Å². The van der Waals surface area contributed by atoms with Gasteiger partial charge in [0.2, 0.25) is 41.4 Å². The van der Waals surface area contributed by atoms with Gasteiger partial charge in [-0.3, -0.25) is 33.6 Å². The molecule has 0 bridgehead atoms. The smallest absolute Gasteiger partial charge is 0.326 e. The number of para-hydroxylation sites is 1. The van der Waals surface area contributed by atoms with E-state index in [1.807, 2.05) is 18.2 Å². The Kier molecular flexibility index (Phi) is 26.4. The van der Waals surface area contributed by atoms with Crippen LogP contribution in [0.15, 0.2) is 54.7 Å². The third kappa shape index (κ3) is 20.4. The molecular weight excluding hydrogens is 945 g/mol. The molecule has 0 aliphatic rings. The summed E-state index contributed by atoms with van der Waals surface area (Å²) in [4.78, 5) is 111. The van der Waals surface area contributed by atoms with E-state index in [1.165, 1.54) is 19.1 Å². The number of aromatic hydroxyl groups is 1. The number of aliphatic hydroxyl groups excluding tert-OH is 1. The Morgan fingerprint density at radius 3 is 1.74 bits per heavy atom. The lowest BCUT2D eigenvalue weighted by Crippen LogP contribution is -2.62. The van der Waals surface area contributed by atoms with Gasteiger partial charge in [-0.05, 0) is 113 Å². The molecule has 3 rings (SSSR count). The Bertz CT molecular complexity index is 2260. The van der Waals surface area contributed by atoms with Gasteiger partial charge in [0.25, 0.3) is 0 Å². The number of carbonyl (C=O) groups excluding carboxylic acids is 7. The van der Waals surface area contributed by atoms with Crippen molar-refractivity contribution in [2.24, 2.45) is 28.9 Å².